The molecule has 1 heterocycles. The molecule has 8 nitrogen and oxygen atoms in total. The van der Waals surface area contributed by atoms with Crippen LogP contribution in [0.15, 0.2) is 48.5 Å². The van der Waals surface area contributed by atoms with E-state index in [1.165, 1.54) is 18.2 Å². The van der Waals surface area contributed by atoms with E-state index in [1.807, 2.05) is 24.3 Å². The maximum Gasteiger partial charge on any atom is 0.407 e. The van der Waals surface area contributed by atoms with E-state index in [9.17, 15) is 19.5 Å². The van der Waals surface area contributed by atoms with Crippen LogP contribution in [-0.2, 0) is 19.1 Å². The lowest BCUT2D eigenvalue weighted by atomic mass is 9.98. The first-order valence-corrected chi connectivity index (χ1v) is 12.1. The molecule has 0 bridgehead atoms. The Morgan fingerprint density at radius 2 is 1.71 bits per heavy atom. The lowest BCUT2D eigenvalue weighted by Gasteiger charge is -2.24. The second-order valence-corrected chi connectivity index (χ2v) is 9.69. The highest BCUT2D eigenvalue weighted by molar-refractivity contribution is 5.84. The Labute approximate surface area is 204 Å². The second-order valence-electron chi connectivity index (χ2n) is 9.69. The van der Waals surface area contributed by atoms with Crippen molar-refractivity contribution in [2.24, 2.45) is 5.92 Å². The molecule has 0 aromatic heterocycles. The van der Waals surface area contributed by atoms with Crippen LogP contribution >= 0.6 is 0 Å². The minimum atomic E-state index is -1.33. The fraction of sp³-hybridized carbons (Fsp3) is 0.444. The summed E-state index contributed by atoms with van der Waals surface area (Å²) < 4.78 is 10.9. The highest BCUT2D eigenvalue weighted by Crippen LogP contribution is 2.44. The molecule has 0 radical (unpaired) electrons. The highest BCUT2D eigenvalue weighted by Gasteiger charge is 2.48. The molecule has 3 unspecified atom stereocenters. The summed E-state index contributed by atoms with van der Waals surface area (Å²) in [5, 5.41) is 12.4. The van der Waals surface area contributed by atoms with Crippen LogP contribution in [-0.4, -0.2) is 66.4 Å². The summed E-state index contributed by atoms with van der Waals surface area (Å²) in [6.45, 7) is 0.662. The van der Waals surface area contributed by atoms with E-state index in [2.05, 4.69) is 29.6 Å². The second kappa shape index (κ2) is 9.34. The number of likely N-dealkylation sites (tertiary alicyclic amines) is 1. The lowest BCUT2D eigenvalue weighted by molar-refractivity contribution is -0.161. The van der Waals surface area contributed by atoms with Gasteiger partial charge in [-0.2, -0.15) is 0 Å². The Morgan fingerprint density at radius 1 is 1.06 bits per heavy atom. The molecule has 3 atom stereocenters. The normalized spacial score (nSPS) is 25.2. The number of nitrogens with zero attached hydrogens (tertiary/aromatic N) is 1. The fourth-order valence-corrected chi connectivity index (χ4v) is 5.80. The molecule has 2 aromatic carbocycles. The molecule has 1 saturated heterocycles. The van der Waals surface area contributed by atoms with Crippen LogP contribution in [0.3, 0.4) is 0 Å². The van der Waals surface area contributed by atoms with Crippen molar-refractivity contribution < 1.29 is 29.0 Å². The van der Waals surface area contributed by atoms with Gasteiger partial charge in [0.2, 0.25) is 5.91 Å². The SMILES string of the molecule is COC1(C(=O)O)CCN(C(=O)C2CCC(NC(=O)OCC3c4ccccc4-c4ccccc43)C2)C1. The van der Waals surface area contributed by atoms with Crippen molar-refractivity contribution in [2.45, 2.75) is 43.2 Å². The third kappa shape index (κ3) is 4.27. The van der Waals surface area contributed by atoms with E-state index in [0.717, 1.165) is 11.1 Å². The number of rotatable bonds is 6. The van der Waals surface area contributed by atoms with Crippen molar-refractivity contribution in [1.82, 2.24) is 10.2 Å². The number of hydrogen-bond donors (Lipinski definition) is 2. The van der Waals surface area contributed by atoms with Gasteiger partial charge in [0.15, 0.2) is 5.60 Å². The van der Waals surface area contributed by atoms with Gasteiger partial charge >= 0.3 is 12.1 Å². The Hall–Kier alpha value is -3.39. The predicted molar refractivity (Wildman–Crippen MR) is 128 cm³/mol. The van der Waals surface area contributed by atoms with Crippen molar-refractivity contribution in [3.8, 4) is 11.1 Å². The Kier molecular flexibility index (Phi) is 6.23. The standard InChI is InChI=1S/C27H30N2O6/c1-34-27(25(31)32)12-13-29(16-27)24(30)17-10-11-18(14-17)28-26(33)35-15-23-21-8-4-2-6-19(21)20-7-3-5-9-22(20)23/h2-9,17-18,23H,10-16H2,1H3,(H,28,33)(H,31,32). The van der Waals surface area contributed by atoms with Gasteiger partial charge in [-0.25, -0.2) is 9.59 Å². The molecule has 8 heteroatoms. The zero-order valence-electron chi connectivity index (χ0n) is 19.7. The van der Waals surface area contributed by atoms with Crippen molar-refractivity contribution in [3.05, 3.63) is 59.7 Å². The number of ether oxygens (including phenoxy) is 2. The molecule has 35 heavy (non-hydrogen) atoms. The maximum atomic E-state index is 13.0. The van der Waals surface area contributed by atoms with Crippen LogP contribution in [0.1, 0.15) is 42.7 Å². The molecule has 0 spiro atoms. The predicted octanol–water partition coefficient (Wildman–Crippen LogP) is 3.40. The van der Waals surface area contributed by atoms with Gasteiger partial charge in [0.1, 0.15) is 6.61 Å². The molecule has 184 valence electrons. The number of fused-ring (bicyclic) bond motifs is 3. The lowest BCUT2D eigenvalue weighted by Crippen LogP contribution is -2.45. The Morgan fingerprint density at radius 3 is 2.31 bits per heavy atom. The first-order valence-electron chi connectivity index (χ1n) is 12.1. The monoisotopic (exact) mass is 478 g/mol. The van der Waals surface area contributed by atoms with Gasteiger partial charge in [0, 0.05) is 38.0 Å². The molecule has 3 aliphatic rings. The summed E-state index contributed by atoms with van der Waals surface area (Å²) in [4.78, 5) is 38.7. The van der Waals surface area contributed by atoms with Gasteiger partial charge in [0.25, 0.3) is 0 Å². The summed E-state index contributed by atoms with van der Waals surface area (Å²) >= 11 is 0. The molecule has 2 fully saturated rings. The van der Waals surface area contributed by atoms with Crippen molar-refractivity contribution in [2.75, 3.05) is 26.8 Å². The molecular formula is C27H30N2O6. The number of nitrogens with one attached hydrogen (secondary N) is 1. The molecular weight excluding hydrogens is 448 g/mol. The Balaban J connectivity index is 1.14. The number of aliphatic carboxylic acids is 1. The number of carbonyl (C=O) groups is 3. The van der Waals surface area contributed by atoms with Crippen LogP contribution < -0.4 is 5.32 Å². The van der Waals surface area contributed by atoms with Crippen LogP contribution in [0.4, 0.5) is 4.79 Å². The van der Waals surface area contributed by atoms with E-state index in [0.29, 0.717) is 25.8 Å². The van der Waals surface area contributed by atoms with Gasteiger partial charge in [0.05, 0.1) is 6.54 Å². The van der Waals surface area contributed by atoms with Crippen molar-refractivity contribution >= 4 is 18.0 Å². The molecule has 2 aliphatic carbocycles. The maximum absolute atomic E-state index is 13.0. The largest absolute Gasteiger partial charge is 0.479 e. The van der Waals surface area contributed by atoms with E-state index in [-0.39, 0.29) is 43.4 Å². The van der Waals surface area contributed by atoms with Gasteiger partial charge in [-0.15, -0.1) is 0 Å². The zero-order chi connectivity index (χ0) is 24.6. The van der Waals surface area contributed by atoms with E-state index < -0.39 is 17.7 Å². The van der Waals surface area contributed by atoms with Gasteiger partial charge < -0.3 is 24.8 Å². The minimum absolute atomic E-state index is 0.00323. The summed E-state index contributed by atoms with van der Waals surface area (Å²) in [5.41, 5.74) is 3.35. The number of benzene rings is 2. The van der Waals surface area contributed by atoms with Gasteiger partial charge in [-0.1, -0.05) is 48.5 Å². The number of methoxy groups -OCH3 is 1. The molecule has 2 amide bonds. The van der Waals surface area contributed by atoms with Gasteiger partial charge in [-0.05, 0) is 41.5 Å². The highest BCUT2D eigenvalue weighted by atomic mass is 16.5. The van der Waals surface area contributed by atoms with E-state index in [1.54, 1.807) is 4.90 Å². The average molecular weight is 479 g/mol. The smallest absolute Gasteiger partial charge is 0.407 e. The molecule has 1 saturated carbocycles. The van der Waals surface area contributed by atoms with E-state index in [4.69, 9.17) is 9.47 Å². The van der Waals surface area contributed by atoms with Crippen LogP contribution in [0, 0.1) is 5.92 Å². The average Bonchev–Trinajstić information content (AvgIpc) is 3.59. The molecule has 2 N–H and O–H groups in total. The number of carboxylic acids is 1. The third-order valence-electron chi connectivity index (χ3n) is 7.77. The van der Waals surface area contributed by atoms with Crippen LogP contribution in [0.2, 0.25) is 0 Å². The topological polar surface area (TPSA) is 105 Å². The molecule has 2 aromatic rings. The first-order chi connectivity index (χ1) is 16.9. The van der Waals surface area contributed by atoms with Gasteiger partial charge in [-0.3, -0.25) is 4.79 Å². The number of carboxylic acid groups (broad SMARTS) is 1. The summed E-state index contributed by atoms with van der Waals surface area (Å²) in [6.07, 6.45) is 1.65. The summed E-state index contributed by atoms with van der Waals surface area (Å²) in [5.74, 6) is -1.36. The van der Waals surface area contributed by atoms with Crippen LogP contribution in [0.5, 0.6) is 0 Å². The quantitative estimate of drug-likeness (QED) is 0.659. The molecule has 5 rings (SSSR count). The number of alkyl carbamates (subject to hydrolysis) is 1. The third-order valence-corrected chi connectivity index (χ3v) is 7.77. The number of hydrogen-bond acceptors (Lipinski definition) is 5. The summed E-state index contributed by atoms with van der Waals surface area (Å²) in [6, 6.07) is 16.2. The molecule has 1 aliphatic heterocycles. The first kappa shape index (κ1) is 23.4. The minimum Gasteiger partial charge on any atom is -0.479 e. The van der Waals surface area contributed by atoms with Crippen molar-refractivity contribution in [3.63, 3.8) is 0 Å². The Bertz CT molecular complexity index is 1100. The van der Waals surface area contributed by atoms with Crippen LogP contribution in [0.25, 0.3) is 11.1 Å². The summed E-state index contributed by atoms with van der Waals surface area (Å²) in [7, 11) is 1.37. The zero-order valence-corrected chi connectivity index (χ0v) is 19.7. The number of carbonyl (C=O) groups excluding carboxylic acids is 2. The fourth-order valence-electron chi connectivity index (χ4n) is 5.80. The van der Waals surface area contributed by atoms with E-state index >= 15 is 0 Å². The number of amides is 2. The van der Waals surface area contributed by atoms with Crippen molar-refractivity contribution in [1.29, 1.82) is 0 Å².